The molecule has 0 radical (unpaired) electrons. The number of para-hydroxylation sites is 2. The largest absolute Gasteiger partial charge is 0.494 e. The van der Waals surface area contributed by atoms with Crippen LogP contribution >= 0.6 is 11.6 Å². The molecule has 128 valence electrons. The second-order valence-corrected chi connectivity index (χ2v) is 6.12. The molecule has 0 saturated heterocycles. The fourth-order valence-electron chi connectivity index (χ4n) is 2.74. The van der Waals surface area contributed by atoms with Crippen molar-refractivity contribution in [2.75, 3.05) is 12.4 Å². The van der Waals surface area contributed by atoms with E-state index in [1.54, 1.807) is 43.5 Å². The molecule has 1 heterocycles. The molecule has 0 unspecified atom stereocenters. The molecule has 26 heavy (non-hydrogen) atoms. The molecule has 0 bridgehead atoms. The number of hydrogen-bond acceptors (Lipinski definition) is 4. The summed E-state index contributed by atoms with van der Waals surface area (Å²) in [5, 5.41) is 3.47. The monoisotopic (exact) mass is 363 g/mol. The molecular weight excluding hydrogens is 350 g/mol. The van der Waals surface area contributed by atoms with E-state index in [4.69, 9.17) is 16.3 Å². The average molecular weight is 364 g/mol. The van der Waals surface area contributed by atoms with Crippen LogP contribution in [0.25, 0.3) is 22.1 Å². The van der Waals surface area contributed by atoms with Crippen molar-refractivity contribution in [3.8, 4) is 5.75 Å². The van der Waals surface area contributed by atoms with E-state index >= 15 is 0 Å². The summed E-state index contributed by atoms with van der Waals surface area (Å²) in [6.45, 7) is 0. The zero-order valence-electron chi connectivity index (χ0n) is 13.9. The molecule has 1 amide bonds. The van der Waals surface area contributed by atoms with Crippen LogP contribution in [0.1, 0.15) is 10.4 Å². The Kier molecular flexibility index (Phi) is 4.14. The summed E-state index contributed by atoms with van der Waals surface area (Å²) >= 11 is 5.88. The van der Waals surface area contributed by atoms with Crippen LogP contribution in [0, 0.1) is 0 Å². The van der Waals surface area contributed by atoms with E-state index in [0.717, 1.165) is 11.0 Å². The summed E-state index contributed by atoms with van der Waals surface area (Å²) in [6, 6.07) is 17.8. The number of carbonyl (C=O) groups is 1. The lowest BCUT2D eigenvalue weighted by Crippen LogP contribution is -2.12. The highest BCUT2D eigenvalue weighted by Gasteiger charge is 2.14. The summed E-state index contributed by atoms with van der Waals surface area (Å²) in [5.74, 6) is 0.353. The highest BCUT2D eigenvalue weighted by molar-refractivity contribution is 6.30. The number of fused-ring (bicyclic) bond motifs is 2. The molecule has 6 heteroatoms. The van der Waals surface area contributed by atoms with Gasteiger partial charge in [-0.15, -0.1) is 0 Å². The standard InChI is InChI=1S/C20H14ClN3O2/c1-26-17-11-10-16(24-20(25)12-6-8-13(21)9-7-12)18-19(17)23-15-5-3-2-4-14(15)22-18/h2-11H,1H3,(H,24,25). The zero-order chi connectivity index (χ0) is 18.1. The van der Waals surface area contributed by atoms with Gasteiger partial charge in [-0.3, -0.25) is 4.79 Å². The number of aromatic nitrogens is 2. The number of halogens is 1. The summed E-state index contributed by atoms with van der Waals surface area (Å²) in [7, 11) is 1.58. The first-order chi connectivity index (χ1) is 12.7. The van der Waals surface area contributed by atoms with E-state index in [1.165, 1.54) is 0 Å². The fourth-order valence-corrected chi connectivity index (χ4v) is 2.86. The lowest BCUT2D eigenvalue weighted by Gasteiger charge is -2.11. The van der Waals surface area contributed by atoms with Crippen molar-refractivity contribution in [2.24, 2.45) is 0 Å². The normalized spacial score (nSPS) is 10.8. The number of benzene rings is 3. The van der Waals surface area contributed by atoms with E-state index in [9.17, 15) is 4.79 Å². The SMILES string of the molecule is COc1ccc(NC(=O)c2ccc(Cl)cc2)c2nc3ccccc3nc12. The first kappa shape index (κ1) is 16.3. The Balaban J connectivity index is 1.82. The lowest BCUT2D eigenvalue weighted by atomic mass is 10.2. The minimum atomic E-state index is -0.247. The topological polar surface area (TPSA) is 64.1 Å². The number of carbonyl (C=O) groups excluding carboxylic acids is 1. The Morgan fingerprint density at radius 1 is 0.923 bits per heavy atom. The second kappa shape index (κ2) is 6.61. The number of nitrogens with one attached hydrogen (secondary N) is 1. The van der Waals surface area contributed by atoms with Gasteiger partial charge in [-0.25, -0.2) is 9.97 Å². The Bertz CT molecular complexity index is 1130. The van der Waals surface area contributed by atoms with Gasteiger partial charge in [0.1, 0.15) is 16.8 Å². The molecule has 1 N–H and O–H groups in total. The van der Waals surface area contributed by atoms with Crippen molar-refractivity contribution >= 4 is 45.3 Å². The number of ether oxygens (including phenoxy) is 1. The second-order valence-electron chi connectivity index (χ2n) is 5.69. The van der Waals surface area contributed by atoms with Crippen molar-refractivity contribution in [3.05, 3.63) is 71.2 Å². The molecule has 0 aliphatic carbocycles. The van der Waals surface area contributed by atoms with E-state index < -0.39 is 0 Å². The van der Waals surface area contributed by atoms with Crippen LogP contribution in [-0.4, -0.2) is 23.0 Å². The van der Waals surface area contributed by atoms with E-state index in [-0.39, 0.29) is 5.91 Å². The van der Waals surface area contributed by atoms with Gasteiger partial charge in [0.15, 0.2) is 0 Å². The van der Waals surface area contributed by atoms with Gasteiger partial charge in [0.2, 0.25) is 0 Å². The average Bonchev–Trinajstić information content (AvgIpc) is 2.67. The van der Waals surface area contributed by atoms with Gasteiger partial charge in [-0.2, -0.15) is 0 Å². The van der Waals surface area contributed by atoms with Gasteiger partial charge in [0.25, 0.3) is 5.91 Å². The third-order valence-electron chi connectivity index (χ3n) is 4.03. The first-order valence-electron chi connectivity index (χ1n) is 7.96. The van der Waals surface area contributed by atoms with Crippen molar-refractivity contribution in [3.63, 3.8) is 0 Å². The molecule has 0 atom stereocenters. The van der Waals surface area contributed by atoms with Crippen molar-refractivity contribution < 1.29 is 9.53 Å². The maximum absolute atomic E-state index is 12.6. The first-order valence-corrected chi connectivity index (χ1v) is 8.34. The van der Waals surface area contributed by atoms with Crippen molar-refractivity contribution in [2.45, 2.75) is 0 Å². The van der Waals surface area contributed by atoms with Gasteiger partial charge in [-0.1, -0.05) is 23.7 Å². The van der Waals surface area contributed by atoms with Gasteiger partial charge in [-0.05, 0) is 48.5 Å². The number of anilines is 1. The summed E-state index contributed by atoms with van der Waals surface area (Å²) < 4.78 is 5.40. The minimum Gasteiger partial charge on any atom is -0.494 e. The Hall–Kier alpha value is -3.18. The third-order valence-corrected chi connectivity index (χ3v) is 4.29. The molecular formula is C20H14ClN3O2. The van der Waals surface area contributed by atoms with Crippen molar-refractivity contribution in [1.82, 2.24) is 9.97 Å². The molecule has 0 aliphatic heterocycles. The summed E-state index contributed by atoms with van der Waals surface area (Å²) in [5.41, 5.74) is 3.76. The van der Waals surface area contributed by atoms with Crippen LogP contribution < -0.4 is 10.1 Å². The van der Waals surface area contributed by atoms with Crippen LogP contribution in [0.3, 0.4) is 0 Å². The van der Waals surface area contributed by atoms with Gasteiger partial charge < -0.3 is 10.1 Å². The van der Waals surface area contributed by atoms with Crippen LogP contribution in [0.2, 0.25) is 5.02 Å². The maximum atomic E-state index is 12.6. The molecule has 4 aromatic rings. The number of hydrogen-bond donors (Lipinski definition) is 1. The molecule has 0 spiro atoms. The summed E-state index contributed by atoms with van der Waals surface area (Å²) in [4.78, 5) is 21.9. The Morgan fingerprint density at radius 3 is 2.23 bits per heavy atom. The maximum Gasteiger partial charge on any atom is 0.255 e. The lowest BCUT2D eigenvalue weighted by molar-refractivity contribution is 0.102. The molecule has 4 rings (SSSR count). The fraction of sp³-hybridized carbons (Fsp3) is 0.0500. The minimum absolute atomic E-state index is 0.247. The quantitative estimate of drug-likeness (QED) is 0.536. The number of rotatable bonds is 3. The zero-order valence-corrected chi connectivity index (χ0v) is 14.6. The molecule has 0 aliphatic rings. The molecule has 5 nitrogen and oxygen atoms in total. The van der Waals surface area contributed by atoms with Gasteiger partial charge in [0, 0.05) is 10.6 Å². The Labute approximate surface area is 154 Å². The number of methoxy groups -OCH3 is 1. The molecule has 0 fully saturated rings. The van der Waals surface area contributed by atoms with Crippen LogP contribution in [0.5, 0.6) is 5.75 Å². The van der Waals surface area contributed by atoms with Gasteiger partial charge >= 0.3 is 0 Å². The van der Waals surface area contributed by atoms with E-state index in [0.29, 0.717) is 33.1 Å². The Morgan fingerprint density at radius 2 is 1.58 bits per heavy atom. The van der Waals surface area contributed by atoms with Crippen molar-refractivity contribution in [1.29, 1.82) is 0 Å². The van der Waals surface area contributed by atoms with Gasteiger partial charge in [0.05, 0.1) is 23.8 Å². The third kappa shape index (κ3) is 2.93. The predicted octanol–water partition coefficient (Wildman–Crippen LogP) is 4.70. The molecule has 1 aromatic heterocycles. The molecule has 0 saturated carbocycles. The smallest absolute Gasteiger partial charge is 0.255 e. The molecule has 3 aromatic carbocycles. The van der Waals surface area contributed by atoms with Crippen LogP contribution in [0.4, 0.5) is 5.69 Å². The predicted molar refractivity (Wildman–Crippen MR) is 103 cm³/mol. The van der Waals surface area contributed by atoms with Crippen LogP contribution in [-0.2, 0) is 0 Å². The highest BCUT2D eigenvalue weighted by atomic mass is 35.5. The number of amides is 1. The van der Waals surface area contributed by atoms with E-state index in [1.807, 2.05) is 24.3 Å². The van der Waals surface area contributed by atoms with Crippen LogP contribution in [0.15, 0.2) is 60.7 Å². The number of nitrogens with zero attached hydrogens (tertiary/aromatic N) is 2. The summed E-state index contributed by atoms with van der Waals surface area (Å²) in [6.07, 6.45) is 0. The van der Waals surface area contributed by atoms with E-state index in [2.05, 4.69) is 15.3 Å². The highest BCUT2D eigenvalue weighted by Crippen LogP contribution is 2.30.